The van der Waals surface area contributed by atoms with Crippen molar-refractivity contribution in [3.8, 4) is 0 Å². The van der Waals surface area contributed by atoms with Gasteiger partial charge in [0.1, 0.15) is 0 Å². The van der Waals surface area contributed by atoms with Crippen molar-refractivity contribution in [2.45, 2.75) is 45.7 Å². The van der Waals surface area contributed by atoms with E-state index in [9.17, 15) is 4.79 Å². The van der Waals surface area contributed by atoms with Gasteiger partial charge in [0.2, 0.25) is 0 Å². The molecule has 0 radical (unpaired) electrons. The second-order valence-corrected chi connectivity index (χ2v) is 4.81. The lowest BCUT2D eigenvalue weighted by atomic mass is 10.2. The first kappa shape index (κ1) is 13.7. The third kappa shape index (κ3) is 3.41. The zero-order valence-electron chi connectivity index (χ0n) is 11.5. The Morgan fingerprint density at radius 2 is 2.32 bits per heavy atom. The smallest absolute Gasteiger partial charge is 0.314 e. The summed E-state index contributed by atoms with van der Waals surface area (Å²) in [5.41, 5.74) is 0.510. The van der Waals surface area contributed by atoms with Crippen LogP contribution in [0.5, 0.6) is 0 Å². The molecule has 6 heteroatoms. The summed E-state index contributed by atoms with van der Waals surface area (Å²) in [5, 5.41) is 7.69. The van der Waals surface area contributed by atoms with Crippen molar-refractivity contribution in [3.63, 3.8) is 0 Å². The van der Waals surface area contributed by atoms with E-state index in [2.05, 4.69) is 29.2 Å². The van der Waals surface area contributed by atoms with Crippen LogP contribution in [-0.4, -0.2) is 31.8 Å². The fourth-order valence-corrected chi connectivity index (χ4v) is 2.07. The number of aromatic nitrogens is 4. The molecular formula is C13H21N5O. The van der Waals surface area contributed by atoms with E-state index in [1.807, 2.05) is 0 Å². The van der Waals surface area contributed by atoms with Gasteiger partial charge in [-0.25, -0.2) is 13.9 Å². The average molecular weight is 263 g/mol. The molecule has 0 aromatic carbocycles. The van der Waals surface area contributed by atoms with Crippen molar-refractivity contribution >= 4 is 5.65 Å². The number of nitrogens with zero attached hydrogens (tertiary/aromatic N) is 4. The zero-order chi connectivity index (χ0) is 13.7. The minimum absolute atomic E-state index is 0.0911. The normalized spacial score (nSPS) is 12.9. The molecule has 0 aliphatic rings. The van der Waals surface area contributed by atoms with Crippen LogP contribution in [0, 0.1) is 0 Å². The number of nitrogens with one attached hydrogen (secondary N) is 1. The Kier molecular flexibility index (Phi) is 4.68. The van der Waals surface area contributed by atoms with Crippen molar-refractivity contribution in [3.05, 3.63) is 29.1 Å². The van der Waals surface area contributed by atoms with E-state index in [0.29, 0.717) is 18.2 Å². The molecule has 0 saturated carbocycles. The third-order valence-corrected chi connectivity index (χ3v) is 3.14. The second-order valence-electron chi connectivity index (χ2n) is 4.81. The van der Waals surface area contributed by atoms with Gasteiger partial charge in [0.15, 0.2) is 5.65 Å². The Labute approximate surface area is 112 Å². The highest BCUT2D eigenvalue weighted by Crippen LogP contribution is 1.99. The molecule has 2 aromatic rings. The van der Waals surface area contributed by atoms with Crippen molar-refractivity contribution in [1.29, 1.82) is 0 Å². The van der Waals surface area contributed by atoms with Crippen molar-refractivity contribution in [2.24, 2.45) is 0 Å². The SMILES string of the molecule is CCCNC(C)CCCn1nc2cnccn2c1=O. The van der Waals surface area contributed by atoms with Crippen LogP contribution in [0.4, 0.5) is 0 Å². The van der Waals surface area contributed by atoms with Crippen LogP contribution in [0.1, 0.15) is 33.1 Å². The first-order valence-corrected chi connectivity index (χ1v) is 6.85. The van der Waals surface area contributed by atoms with Gasteiger partial charge in [-0.15, -0.1) is 5.10 Å². The number of aryl methyl sites for hydroxylation is 1. The maximum Gasteiger partial charge on any atom is 0.350 e. The Bertz CT molecular complexity index is 574. The largest absolute Gasteiger partial charge is 0.350 e. The first-order valence-electron chi connectivity index (χ1n) is 6.85. The summed E-state index contributed by atoms with van der Waals surface area (Å²) in [4.78, 5) is 16.0. The maximum atomic E-state index is 12.0. The van der Waals surface area contributed by atoms with Gasteiger partial charge in [-0.05, 0) is 32.7 Å². The van der Waals surface area contributed by atoms with E-state index in [1.54, 1.807) is 18.6 Å². The topological polar surface area (TPSA) is 64.2 Å². The molecule has 2 rings (SSSR count). The minimum atomic E-state index is -0.0911. The van der Waals surface area contributed by atoms with Crippen LogP contribution in [0.3, 0.4) is 0 Å². The lowest BCUT2D eigenvalue weighted by Crippen LogP contribution is -2.27. The standard InChI is InChI=1S/C13H21N5O/c1-3-6-15-11(2)5-4-8-18-13(19)17-9-7-14-10-12(17)16-18/h7,9-11,15H,3-6,8H2,1-2H3. The van der Waals surface area contributed by atoms with Gasteiger partial charge in [-0.1, -0.05) is 6.92 Å². The summed E-state index contributed by atoms with van der Waals surface area (Å²) in [7, 11) is 0. The highest BCUT2D eigenvalue weighted by molar-refractivity contribution is 5.31. The molecule has 0 amide bonds. The lowest BCUT2D eigenvalue weighted by molar-refractivity contribution is 0.459. The minimum Gasteiger partial charge on any atom is -0.314 e. The fraction of sp³-hybridized carbons (Fsp3) is 0.615. The van der Waals surface area contributed by atoms with E-state index in [-0.39, 0.29) is 5.69 Å². The fourth-order valence-electron chi connectivity index (χ4n) is 2.07. The van der Waals surface area contributed by atoms with Crippen LogP contribution in [-0.2, 0) is 6.54 Å². The van der Waals surface area contributed by atoms with Gasteiger partial charge in [0.05, 0.1) is 6.20 Å². The lowest BCUT2D eigenvalue weighted by Gasteiger charge is -2.12. The molecule has 0 bridgehead atoms. The molecule has 0 aliphatic heterocycles. The molecule has 6 nitrogen and oxygen atoms in total. The Morgan fingerprint density at radius 3 is 3.05 bits per heavy atom. The number of hydrogen-bond acceptors (Lipinski definition) is 4. The van der Waals surface area contributed by atoms with Crippen LogP contribution < -0.4 is 11.0 Å². The van der Waals surface area contributed by atoms with Gasteiger partial charge >= 0.3 is 5.69 Å². The molecule has 1 N–H and O–H groups in total. The molecule has 0 fully saturated rings. The predicted octanol–water partition coefficient (Wildman–Crippen LogP) is 1.06. The van der Waals surface area contributed by atoms with Gasteiger partial charge in [0, 0.05) is 25.0 Å². The summed E-state index contributed by atoms with van der Waals surface area (Å²) in [6.45, 7) is 6.02. The van der Waals surface area contributed by atoms with E-state index in [4.69, 9.17) is 0 Å². The van der Waals surface area contributed by atoms with Crippen LogP contribution >= 0.6 is 0 Å². The van der Waals surface area contributed by atoms with Crippen molar-refractivity contribution in [2.75, 3.05) is 6.54 Å². The highest BCUT2D eigenvalue weighted by Gasteiger charge is 2.06. The molecule has 2 heterocycles. The molecule has 0 saturated heterocycles. The Balaban J connectivity index is 1.91. The van der Waals surface area contributed by atoms with Crippen LogP contribution in [0.15, 0.2) is 23.4 Å². The summed E-state index contributed by atoms with van der Waals surface area (Å²) in [6.07, 6.45) is 7.96. The quantitative estimate of drug-likeness (QED) is 0.811. The van der Waals surface area contributed by atoms with E-state index in [0.717, 1.165) is 25.8 Å². The van der Waals surface area contributed by atoms with E-state index >= 15 is 0 Å². The summed E-state index contributed by atoms with van der Waals surface area (Å²) < 4.78 is 3.04. The van der Waals surface area contributed by atoms with Gasteiger partial charge in [-0.2, -0.15) is 0 Å². The third-order valence-electron chi connectivity index (χ3n) is 3.14. The molecular weight excluding hydrogens is 242 g/mol. The van der Waals surface area contributed by atoms with Crippen LogP contribution in [0.2, 0.25) is 0 Å². The molecule has 1 unspecified atom stereocenters. The van der Waals surface area contributed by atoms with E-state index in [1.165, 1.54) is 9.08 Å². The predicted molar refractivity (Wildman–Crippen MR) is 74.2 cm³/mol. The molecule has 0 spiro atoms. The monoisotopic (exact) mass is 263 g/mol. The summed E-state index contributed by atoms with van der Waals surface area (Å²) in [5.74, 6) is 0. The van der Waals surface area contributed by atoms with Gasteiger partial charge < -0.3 is 5.32 Å². The second kappa shape index (κ2) is 6.47. The molecule has 104 valence electrons. The van der Waals surface area contributed by atoms with E-state index < -0.39 is 0 Å². The number of rotatable bonds is 7. The molecule has 19 heavy (non-hydrogen) atoms. The first-order chi connectivity index (χ1) is 9.22. The molecule has 2 aromatic heterocycles. The molecule has 0 aliphatic carbocycles. The van der Waals surface area contributed by atoms with Crippen molar-refractivity contribution < 1.29 is 0 Å². The Morgan fingerprint density at radius 1 is 1.47 bits per heavy atom. The maximum absolute atomic E-state index is 12.0. The summed E-state index contributed by atoms with van der Waals surface area (Å²) >= 11 is 0. The zero-order valence-corrected chi connectivity index (χ0v) is 11.5. The van der Waals surface area contributed by atoms with Crippen LogP contribution in [0.25, 0.3) is 5.65 Å². The summed E-state index contributed by atoms with van der Waals surface area (Å²) in [6, 6.07) is 0.481. The number of hydrogen-bond donors (Lipinski definition) is 1. The number of fused-ring (bicyclic) bond motifs is 1. The van der Waals surface area contributed by atoms with Gasteiger partial charge in [-0.3, -0.25) is 4.98 Å². The highest BCUT2D eigenvalue weighted by atomic mass is 16.2. The average Bonchev–Trinajstić information content (AvgIpc) is 2.74. The van der Waals surface area contributed by atoms with Gasteiger partial charge in [0.25, 0.3) is 0 Å². The van der Waals surface area contributed by atoms with Crippen molar-refractivity contribution in [1.82, 2.24) is 24.5 Å². The Hall–Kier alpha value is -1.69. The molecule has 1 atom stereocenters.